The number of carbonyl (C=O) groups excluding carboxylic acids is 1. The Kier molecular flexibility index (Phi) is 3.12. The molecule has 1 aliphatic carbocycles. The third kappa shape index (κ3) is 2.83. The Morgan fingerprint density at radius 1 is 1.65 bits per heavy atom. The van der Waals surface area contributed by atoms with Crippen LogP contribution in [0.15, 0.2) is 12.5 Å². The maximum atomic E-state index is 11.1. The van der Waals surface area contributed by atoms with Crippen molar-refractivity contribution < 1.29 is 14.7 Å². The number of aliphatic carboxylic acids is 1. The van der Waals surface area contributed by atoms with Crippen LogP contribution in [-0.4, -0.2) is 26.5 Å². The van der Waals surface area contributed by atoms with Gasteiger partial charge in [-0.15, -0.1) is 0 Å². The van der Waals surface area contributed by atoms with Crippen molar-refractivity contribution in [3.05, 3.63) is 18.2 Å². The number of carbonyl (C=O) groups is 2. The average molecular weight is 237 g/mol. The van der Waals surface area contributed by atoms with Gasteiger partial charge in [-0.25, -0.2) is 4.98 Å². The second kappa shape index (κ2) is 4.57. The molecule has 2 N–H and O–H groups in total. The monoisotopic (exact) mass is 237 g/mol. The summed E-state index contributed by atoms with van der Waals surface area (Å²) in [6, 6.07) is -0.0920. The van der Waals surface area contributed by atoms with Gasteiger partial charge in [-0.2, -0.15) is 0 Å². The van der Waals surface area contributed by atoms with Crippen LogP contribution in [0.4, 0.5) is 0 Å². The molecule has 92 valence electrons. The maximum absolute atomic E-state index is 11.1. The van der Waals surface area contributed by atoms with E-state index in [2.05, 4.69) is 10.3 Å². The van der Waals surface area contributed by atoms with E-state index in [0.717, 1.165) is 18.5 Å². The number of aromatic nitrogens is 2. The lowest BCUT2D eigenvalue weighted by Gasteiger charge is -2.17. The Balaban J connectivity index is 2.20. The fraction of sp³-hybridized carbons (Fsp3) is 0.545. The molecule has 6 heteroatoms. The van der Waals surface area contributed by atoms with Crippen molar-refractivity contribution in [2.45, 2.75) is 38.3 Å². The predicted molar refractivity (Wildman–Crippen MR) is 59.3 cm³/mol. The lowest BCUT2D eigenvalue weighted by Crippen LogP contribution is -2.29. The highest BCUT2D eigenvalue weighted by Gasteiger charge is 2.29. The minimum atomic E-state index is -0.938. The summed E-state index contributed by atoms with van der Waals surface area (Å²) in [6.07, 6.45) is 5.37. The van der Waals surface area contributed by atoms with E-state index in [-0.39, 0.29) is 12.3 Å². The zero-order chi connectivity index (χ0) is 12.4. The van der Waals surface area contributed by atoms with E-state index in [1.165, 1.54) is 6.92 Å². The lowest BCUT2D eigenvalue weighted by atomic mass is 10.1. The topological polar surface area (TPSA) is 84.2 Å². The number of hydrogen-bond acceptors (Lipinski definition) is 3. The Hall–Kier alpha value is -1.85. The highest BCUT2D eigenvalue weighted by Crippen LogP contribution is 2.37. The van der Waals surface area contributed by atoms with Crippen LogP contribution in [0.2, 0.25) is 0 Å². The summed E-state index contributed by atoms with van der Waals surface area (Å²) in [5, 5.41) is 11.5. The van der Waals surface area contributed by atoms with Gasteiger partial charge in [-0.05, 0) is 12.8 Å². The standard InChI is InChI=1S/C11H15N3O3/c1-7(15)13-9(4-11(16)17)10-5-12-6-14(10)8-2-3-8/h5-6,8-9H,2-4H2,1H3,(H,13,15)(H,16,17)/t9-/m0/s1. The lowest BCUT2D eigenvalue weighted by molar-refractivity contribution is -0.137. The minimum Gasteiger partial charge on any atom is -0.481 e. The largest absolute Gasteiger partial charge is 0.481 e. The number of hydrogen-bond donors (Lipinski definition) is 2. The molecule has 17 heavy (non-hydrogen) atoms. The van der Waals surface area contributed by atoms with Crippen LogP contribution in [0.5, 0.6) is 0 Å². The molecule has 0 aromatic carbocycles. The van der Waals surface area contributed by atoms with Gasteiger partial charge in [0.2, 0.25) is 5.91 Å². The predicted octanol–water partition coefficient (Wildman–Crippen LogP) is 0.870. The summed E-state index contributed by atoms with van der Waals surface area (Å²) in [6.45, 7) is 1.38. The number of carboxylic acid groups (broad SMARTS) is 1. The summed E-state index contributed by atoms with van der Waals surface area (Å²) in [5.74, 6) is -1.17. The molecular formula is C11H15N3O3. The summed E-state index contributed by atoms with van der Waals surface area (Å²) < 4.78 is 1.96. The molecule has 0 unspecified atom stereocenters. The number of rotatable bonds is 5. The fourth-order valence-electron chi connectivity index (χ4n) is 1.89. The summed E-state index contributed by atoms with van der Waals surface area (Å²) in [5.41, 5.74) is 0.769. The van der Waals surface area contributed by atoms with E-state index in [1.807, 2.05) is 4.57 Å². The van der Waals surface area contributed by atoms with Gasteiger partial charge in [0.25, 0.3) is 0 Å². The number of nitrogens with one attached hydrogen (secondary N) is 1. The Morgan fingerprint density at radius 3 is 2.88 bits per heavy atom. The van der Waals surface area contributed by atoms with Gasteiger partial charge in [-0.3, -0.25) is 9.59 Å². The Morgan fingerprint density at radius 2 is 2.35 bits per heavy atom. The van der Waals surface area contributed by atoms with Crippen LogP contribution in [0.3, 0.4) is 0 Å². The number of nitrogens with zero attached hydrogens (tertiary/aromatic N) is 2. The molecule has 0 bridgehead atoms. The Bertz CT molecular complexity index is 421. The van der Waals surface area contributed by atoms with Crippen molar-refractivity contribution >= 4 is 11.9 Å². The molecule has 1 amide bonds. The van der Waals surface area contributed by atoms with Crippen molar-refractivity contribution in [1.29, 1.82) is 0 Å². The van der Waals surface area contributed by atoms with Gasteiger partial charge in [0, 0.05) is 13.0 Å². The van der Waals surface area contributed by atoms with E-state index < -0.39 is 12.0 Å². The van der Waals surface area contributed by atoms with Crippen molar-refractivity contribution in [3.63, 3.8) is 0 Å². The molecule has 1 atom stereocenters. The van der Waals surface area contributed by atoms with Crippen LogP contribution in [0.25, 0.3) is 0 Å². The first-order valence-corrected chi connectivity index (χ1v) is 5.58. The molecule has 1 aromatic heterocycles. The van der Waals surface area contributed by atoms with Crippen LogP contribution in [0.1, 0.15) is 44.0 Å². The molecule has 1 aromatic rings. The van der Waals surface area contributed by atoms with Gasteiger partial charge in [0.1, 0.15) is 0 Å². The summed E-state index contributed by atoms with van der Waals surface area (Å²) >= 11 is 0. The molecule has 2 rings (SSSR count). The normalized spacial score (nSPS) is 16.5. The molecule has 0 aliphatic heterocycles. The van der Waals surface area contributed by atoms with Crippen LogP contribution >= 0.6 is 0 Å². The molecule has 1 aliphatic rings. The van der Waals surface area contributed by atoms with E-state index in [9.17, 15) is 9.59 Å². The smallest absolute Gasteiger partial charge is 0.305 e. The third-order valence-electron chi connectivity index (χ3n) is 2.75. The van der Waals surface area contributed by atoms with Crippen molar-refractivity contribution in [2.24, 2.45) is 0 Å². The molecule has 6 nitrogen and oxygen atoms in total. The van der Waals surface area contributed by atoms with Gasteiger partial charge < -0.3 is 15.0 Å². The molecule has 0 spiro atoms. The Labute approximate surface area is 98.7 Å². The third-order valence-corrected chi connectivity index (χ3v) is 2.75. The summed E-state index contributed by atoms with van der Waals surface area (Å²) in [7, 11) is 0. The molecule has 1 heterocycles. The van der Waals surface area contributed by atoms with Crippen molar-refractivity contribution in [3.8, 4) is 0 Å². The quantitative estimate of drug-likeness (QED) is 0.795. The van der Waals surface area contributed by atoms with Crippen LogP contribution < -0.4 is 5.32 Å². The highest BCUT2D eigenvalue weighted by molar-refractivity contribution is 5.75. The fourth-order valence-corrected chi connectivity index (χ4v) is 1.89. The van der Waals surface area contributed by atoms with Gasteiger partial charge in [0.05, 0.1) is 30.7 Å². The molecule has 1 saturated carbocycles. The molecule has 0 radical (unpaired) electrons. The summed E-state index contributed by atoms with van der Waals surface area (Å²) in [4.78, 5) is 25.9. The van der Waals surface area contributed by atoms with Crippen molar-refractivity contribution in [2.75, 3.05) is 0 Å². The van der Waals surface area contributed by atoms with Gasteiger partial charge in [-0.1, -0.05) is 0 Å². The van der Waals surface area contributed by atoms with Crippen LogP contribution in [0, 0.1) is 0 Å². The second-order valence-electron chi connectivity index (χ2n) is 4.31. The molecule has 0 saturated heterocycles. The SMILES string of the molecule is CC(=O)N[C@@H](CC(=O)O)c1cncn1C1CC1. The highest BCUT2D eigenvalue weighted by atomic mass is 16.4. The molecule has 1 fully saturated rings. The zero-order valence-electron chi connectivity index (χ0n) is 9.59. The van der Waals surface area contributed by atoms with Crippen LogP contribution in [-0.2, 0) is 9.59 Å². The molecular weight excluding hydrogens is 222 g/mol. The average Bonchev–Trinajstić information content (AvgIpc) is 2.94. The number of carboxylic acids is 1. The number of amides is 1. The first-order chi connectivity index (χ1) is 8.08. The first-order valence-electron chi connectivity index (χ1n) is 5.58. The maximum Gasteiger partial charge on any atom is 0.305 e. The second-order valence-corrected chi connectivity index (χ2v) is 4.31. The van der Waals surface area contributed by atoms with E-state index in [4.69, 9.17) is 5.11 Å². The van der Waals surface area contributed by atoms with Gasteiger partial charge in [0.15, 0.2) is 0 Å². The first kappa shape index (κ1) is 11.6. The number of imidazole rings is 1. The van der Waals surface area contributed by atoms with E-state index in [0.29, 0.717) is 6.04 Å². The van der Waals surface area contributed by atoms with E-state index >= 15 is 0 Å². The van der Waals surface area contributed by atoms with Gasteiger partial charge >= 0.3 is 5.97 Å². The zero-order valence-corrected chi connectivity index (χ0v) is 9.59. The minimum absolute atomic E-state index is 0.127. The van der Waals surface area contributed by atoms with Crippen molar-refractivity contribution in [1.82, 2.24) is 14.9 Å². The van der Waals surface area contributed by atoms with E-state index in [1.54, 1.807) is 12.5 Å².